The zero-order valence-corrected chi connectivity index (χ0v) is 12.5. The van der Waals surface area contributed by atoms with Crippen LogP contribution in [0.3, 0.4) is 0 Å². The smallest absolute Gasteiger partial charge is 0.227 e. The van der Waals surface area contributed by atoms with Crippen molar-refractivity contribution in [1.82, 2.24) is 4.90 Å². The number of benzene rings is 2. The molecule has 0 aliphatic carbocycles. The number of carbonyl (C=O) groups is 1. The van der Waals surface area contributed by atoms with Gasteiger partial charge >= 0.3 is 0 Å². The second-order valence-electron chi connectivity index (χ2n) is 5.82. The highest BCUT2D eigenvalue weighted by atomic mass is 16.2. The van der Waals surface area contributed by atoms with Gasteiger partial charge in [-0.3, -0.25) is 4.79 Å². The zero-order chi connectivity index (χ0) is 14.7. The van der Waals surface area contributed by atoms with Crippen LogP contribution in [0.1, 0.15) is 35.6 Å². The Balaban J connectivity index is 1.73. The number of nitrogens with zero attached hydrogens (tertiary/aromatic N) is 1. The highest BCUT2D eigenvalue weighted by Gasteiger charge is 2.29. The molecule has 1 amide bonds. The van der Waals surface area contributed by atoms with Crippen molar-refractivity contribution in [2.24, 2.45) is 0 Å². The van der Waals surface area contributed by atoms with Gasteiger partial charge < -0.3 is 4.90 Å². The van der Waals surface area contributed by atoms with Gasteiger partial charge in [0.2, 0.25) is 5.91 Å². The van der Waals surface area contributed by atoms with Crippen LogP contribution in [0.2, 0.25) is 0 Å². The van der Waals surface area contributed by atoms with E-state index in [1.807, 2.05) is 6.07 Å². The molecule has 2 aromatic rings. The molecule has 2 aromatic carbocycles. The Morgan fingerprint density at radius 2 is 1.81 bits per heavy atom. The lowest BCUT2D eigenvalue weighted by Gasteiger charge is -2.25. The van der Waals surface area contributed by atoms with E-state index in [4.69, 9.17) is 0 Å². The Bertz CT molecular complexity index is 603. The van der Waals surface area contributed by atoms with Crippen molar-refractivity contribution in [2.75, 3.05) is 6.54 Å². The van der Waals surface area contributed by atoms with Gasteiger partial charge in [0, 0.05) is 6.54 Å². The molecule has 0 spiro atoms. The van der Waals surface area contributed by atoms with Gasteiger partial charge in [-0.15, -0.1) is 0 Å². The second-order valence-corrected chi connectivity index (χ2v) is 5.82. The summed E-state index contributed by atoms with van der Waals surface area (Å²) in [6, 6.07) is 18.9. The molecule has 0 radical (unpaired) electrons. The maximum absolute atomic E-state index is 12.6. The van der Waals surface area contributed by atoms with Crippen molar-refractivity contribution < 1.29 is 4.79 Å². The van der Waals surface area contributed by atoms with Crippen LogP contribution in [0.5, 0.6) is 0 Å². The first-order valence-electron chi connectivity index (χ1n) is 7.64. The molecular formula is C19H21NO. The summed E-state index contributed by atoms with van der Waals surface area (Å²) < 4.78 is 0. The van der Waals surface area contributed by atoms with E-state index in [9.17, 15) is 4.79 Å². The van der Waals surface area contributed by atoms with Gasteiger partial charge in [-0.2, -0.15) is 0 Å². The molecular weight excluding hydrogens is 258 g/mol. The first-order chi connectivity index (χ1) is 10.2. The van der Waals surface area contributed by atoms with Crippen molar-refractivity contribution in [3.05, 3.63) is 71.3 Å². The van der Waals surface area contributed by atoms with Crippen LogP contribution in [0.25, 0.3) is 0 Å². The van der Waals surface area contributed by atoms with E-state index in [1.165, 1.54) is 11.1 Å². The first kappa shape index (κ1) is 13.9. The van der Waals surface area contributed by atoms with Gasteiger partial charge in [0.1, 0.15) is 0 Å². The fraction of sp³-hybridized carbons (Fsp3) is 0.316. The molecule has 1 fully saturated rings. The third-order valence-corrected chi connectivity index (χ3v) is 4.23. The summed E-state index contributed by atoms with van der Waals surface area (Å²) in [4.78, 5) is 14.7. The number of rotatable bonds is 3. The van der Waals surface area contributed by atoms with E-state index in [0.717, 1.165) is 24.9 Å². The number of hydrogen-bond acceptors (Lipinski definition) is 1. The van der Waals surface area contributed by atoms with Crippen LogP contribution >= 0.6 is 0 Å². The molecule has 1 aliphatic heterocycles. The van der Waals surface area contributed by atoms with E-state index < -0.39 is 0 Å². The lowest BCUT2D eigenvalue weighted by molar-refractivity contribution is -0.131. The minimum absolute atomic E-state index is 0.241. The molecule has 1 aliphatic rings. The summed E-state index contributed by atoms with van der Waals surface area (Å²) in [6.45, 7) is 2.95. The molecule has 1 saturated heterocycles. The molecule has 1 atom stereocenters. The minimum atomic E-state index is 0.241. The van der Waals surface area contributed by atoms with Gasteiger partial charge in [0.15, 0.2) is 0 Å². The number of aryl methyl sites for hydroxylation is 1. The molecule has 0 N–H and O–H groups in total. The highest BCUT2D eigenvalue weighted by Crippen LogP contribution is 2.32. The van der Waals surface area contributed by atoms with Crippen LogP contribution in [0.15, 0.2) is 54.6 Å². The predicted octanol–water partition coefficient (Wildman–Crippen LogP) is 3.90. The van der Waals surface area contributed by atoms with Gasteiger partial charge in [-0.05, 0) is 30.9 Å². The maximum Gasteiger partial charge on any atom is 0.227 e. The van der Waals surface area contributed by atoms with Gasteiger partial charge in [-0.25, -0.2) is 0 Å². The monoisotopic (exact) mass is 279 g/mol. The summed E-state index contributed by atoms with van der Waals surface area (Å²) in [5.41, 5.74) is 3.59. The predicted molar refractivity (Wildman–Crippen MR) is 85.0 cm³/mol. The van der Waals surface area contributed by atoms with Gasteiger partial charge in [0.05, 0.1) is 12.5 Å². The van der Waals surface area contributed by atoms with E-state index in [2.05, 4.69) is 60.4 Å². The Hall–Kier alpha value is -2.09. The Morgan fingerprint density at radius 1 is 1.10 bits per heavy atom. The normalized spacial score (nSPS) is 18.0. The molecule has 108 valence electrons. The summed E-state index contributed by atoms with van der Waals surface area (Å²) in [7, 11) is 0. The van der Waals surface area contributed by atoms with Crippen LogP contribution in [0.4, 0.5) is 0 Å². The standard InChI is InChI=1S/C19H21NO/c1-15-9-11-16(12-10-15)14-19(21)20-13-5-8-18(20)17-6-3-2-4-7-17/h2-4,6-7,9-12,18H,5,8,13-14H2,1H3. The molecule has 2 heteroatoms. The van der Waals surface area contributed by atoms with Crippen LogP contribution in [-0.4, -0.2) is 17.4 Å². The average molecular weight is 279 g/mol. The van der Waals surface area contributed by atoms with Crippen molar-refractivity contribution in [3.8, 4) is 0 Å². The Kier molecular flexibility index (Phi) is 4.05. The molecule has 21 heavy (non-hydrogen) atoms. The molecule has 0 saturated carbocycles. The summed E-state index contributed by atoms with van der Waals surface area (Å²) in [5, 5.41) is 0. The molecule has 1 unspecified atom stereocenters. The SMILES string of the molecule is Cc1ccc(CC(=O)N2CCCC2c2ccccc2)cc1. The van der Waals surface area contributed by atoms with Crippen molar-refractivity contribution in [3.63, 3.8) is 0 Å². The minimum Gasteiger partial charge on any atom is -0.335 e. The Morgan fingerprint density at radius 3 is 2.52 bits per heavy atom. The van der Waals surface area contributed by atoms with Crippen LogP contribution in [-0.2, 0) is 11.2 Å². The maximum atomic E-state index is 12.6. The molecule has 0 bridgehead atoms. The lowest BCUT2D eigenvalue weighted by atomic mass is 10.0. The van der Waals surface area contributed by atoms with Crippen molar-refractivity contribution >= 4 is 5.91 Å². The van der Waals surface area contributed by atoms with E-state index in [1.54, 1.807) is 0 Å². The third-order valence-electron chi connectivity index (χ3n) is 4.23. The number of hydrogen-bond donors (Lipinski definition) is 0. The fourth-order valence-corrected chi connectivity index (χ4v) is 3.07. The zero-order valence-electron chi connectivity index (χ0n) is 12.5. The van der Waals surface area contributed by atoms with Crippen molar-refractivity contribution in [2.45, 2.75) is 32.2 Å². The number of likely N-dealkylation sites (tertiary alicyclic amines) is 1. The lowest BCUT2D eigenvalue weighted by Crippen LogP contribution is -2.31. The van der Waals surface area contributed by atoms with Crippen LogP contribution < -0.4 is 0 Å². The van der Waals surface area contributed by atoms with E-state index in [-0.39, 0.29) is 11.9 Å². The van der Waals surface area contributed by atoms with Gasteiger partial charge in [-0.1, -0.05) is 60.2 Å². The largest absolute Gasteiger partial charge is 0.335 e. The van der Waals surface area contributed by atoms with Gasteiger partial charge in [0.25, 0.3) is 0 Å². The van der Waals surface area contributed by atoms with E-state index >= 15 is 0 Å². The molecule has 3 rings (SSSR count). The average Bonchev–Trinajstić information content (AvgIpc) is 3.00. The Labute approximate surface area is 126 Å². The van der Waals surface area contributed by atoms with E-state index in [0.29, 0.717) is 6.42 Å². The number of amides is 1. The van der Waals surface area contributed by atoms with Crippen molar-refractivity contribution in [1.29, 1.82) is 0 Å². The molecule has 2 nitrogen and oxygen atoms in total. The second kappa shape index (κ2) is 6.13. The molecule has 1 heterocycles. The molecule has 0 aromatic heterocycles. The summed E-state index contributed by atoms with van der Waals surface area (Å²) in [5.74, 6) is 0.241. The third kappa shape index (κ3) is 3.15. The summed E-state index contributed by atoms with van der Waals surface area (Å²) >= 11 is 0. The summed E-state index contributed by atoms with van der Waals surface area (Å²) in [6.07, 6.45) is 2.67. The number of carbonyl (C=O) groups excluding carboxylic acids is 1. The topological polar surface area (TPSA) is 20.3 Å². The fourth-order valence-electron chi connectivity index (χ4n) is 3.07. The van der Waals surface area contributed by atoms with Crippen LogP contribution in [0, 0.1) is 6.92 Å². The quantitative estimate of drug-likeness (QED) is 0.834. The highest BCUT2D eigenvalue weighted by molar-refractivity contribution is 5.79. The first-order valence-corrected chi connectivity index (χ1v) is 7.64.